The van der Waals surface area contributed by atoms with E-state index in [0.717, 1.165) is 89.9 Å². The van der Waals surface area contributed by atoms with Crippen molar-refractivity contribution in [2.24, 2.45) is 0 Å². The highest BCUT2D eigenvalue weighted by molar-refractivity contribution is 5.76. The zero-order valence-corrected chi connectivity index (χ0v) is 64.0. The number of carbonyl (C=O) groups excluding carboxylic acids is 1. The predicted octanol–water partition coefficient (Wildman–Crippen LogP) is 14.2. The average Bonchev–Trinajstić information content (AvgIpc) is 0.781. The van der Waals surface area contributed by atoms with Crippen LogP contribution in [-0.2, 0) is 33.2 Å². The third-order valence-corrected chi connectivity index (χ3v) is 20.2. The lowest BCUT2D eigenvalue weighted by molar-refractivity contribution is -0.379. The van der Waals surface area contributed by atoms with Gasteiger partial charge in [0.25, 0.3) is 0 Å². The summed E-state index contributed by atoms with van der Waals surface area (Å²) in [7, 11) is 0. The van der Waals surface area contributed by atoms with Crippen molar-refractivity contribution in [3.8, 4) is 0 Å². The van der Waals surface area contributed by atoms with Gasteiger partial charge in [-0.15, -0.1) is 0 Å². The Morgan fingerprint density at radius 3 is 1.04 bits per heavy atom. The zero-order chi connectivity index (χ0) is 74.6. The SMILES string of the molecule is CC/C=C\C/C=C\C/C=C\C/C=C\C/C=C\C/C=C\C/C=C\CCCCCC(=O)NC(COC1OC(CO)C(OC2OC(CO)C(OC3OC(CO)C(O)C(O)C3O)C(O)C2O)C(O)C1O)C(O)CCCCCCCCCCCCCCCCCCCCCCCCCCCCCCCCCCC. The maximum Gasteiger partial charge on any atom is 0.220 e. The minimum atomic E-state index is -1.98. The molecule has 0 aliphatic carbocycles. The molecule has 0 aromatic carbocycles. The van der Waals surface area contributed by atoms with E-state index in [0.29, 0.717) is 12.8 Å². The molecule has 19 nitrogen and oxygen atoms in total. The van der Waals surface area contributed by atoms with Crippen molar-refractivity contribution in [3.05, 3.63) is 85.1 Å². The summed E-state index contributed by atoms with van der Waals surface area (Å²) in [6, 6.07) is -0.914. The first-order valence-corrected chi connectivity index (χ1v) is 41.3. The summed E-state index contributed by atoms with van der Waals surface area (Å²) in [5.41, 5.74) is 0. The van der Waals surface area contributed by atoms with Crippen molar-refractivity contribution in [2.45, 2.75) is 413 Å². The summed E-state index contributed by atoms with van der Waals surface area (Å²) in [6.45, 7) is 1.69. The molecule has 0 spiro atoms. The van der Waals surface area contributed by atoms with Gasteiger partial charge in [0.2, 0.25) is 5.91 Å². The molecule has 19 heteroatoms. The normalized spacial score (nSPS) is 26.5. The first-order valence-electron chi connectivity index (χ1n) is 41.3. The molecular formula is C84H149NO18. The molecule has 598 valence electrons. The van der Waals surface area contributed by atoms with Crippen LogP contribution in [0.25, 0.3) is 0 Å². The van der Waals surface area contributed by atoms with E-state index >= 15 is 0 Å². The molecule has 3 fully saturated rings. The van der Waals surface area contributed by atoms with Gasteiger partial charge in [0.05, 0.1) is 38.6 Å². The van der Waals surface area contributed by atoms with Crippen LogP contribution >= 0.6 is 0 Å². The highest BCUT2D eigenvalue weighted by Gasteiger charge is 2.54. The van der Waals surface area contributed by atoms with Gasteiger partial charge in [-0.3, -0.25) is 4.79 Å². The molecule has 3 aliphatic rings. The van der Waals surface area contributed by atoms with Gasteiger partial charge >= 0.3 is 0 Å². The summed E-state index contributed by atoms with van der Waals surface area (Å²) in [5.74, 6) is -0.274. The monoisotopic (exact) mass is 1460 g/mol. The Hall–Kier alpha value is -3.03. The van der Waals surface area contributed by atoms with Gasteiger partial charge in [0, 0.05) is 6.42 Å². The van der Waals surface area contributed by atoms with E-state index in [1.54, 1.807) is 0 Å². The molecule has 17 unspecified atom stereocenters. The van der Waals surface area contributed by atoms with Crippen LogP contribution in [0.1, 0.15) is 309 Å². The van der Waals surface area contributed by atoms with Gasteiger partial charge in [-0.25, -0.2) is 0 Å². The number of hydrogen-bond donors (Lipinski definition) is 12. The smallest absolute Gasteiger partial charge is 0.220 e. The van der Waals surface area contributed by atoms with Gasteiger partial charge in [-0.2, -0.15) is 0 Å². The van der Waals surface area contributed by atoms with Crippen molar-refractivity contribution >= 4 is 5.91 Å². The first-order chi connectivity index (χ1) is 50.3. The first kappa shape index (κ1) is 94.2. The predicted molar refractivity (Wildman–Crippen MR) is 411 cm³/mol. The number of hydrogen-bond acceptors (Lipinski definition) is 18. The number of allylic oxidation sites excluding steroid dienone is 14. The van der Waals surface area contributed by atoms with Gasteiger partial charge in [0.1, 0.15) is 73.2 Å². The summed E-state index contributed by atoms with van der Waals surface area (Å²) in [4.78, 5) is 13.5. The van der Waals surface area contributed by atoms with Crippen LogP contribution in [0.15, 0.2) is 85.1 Å². The Labute approximate surface area is 622 Å². The molecule has 0 radical (unpaired) electrons. The number of amides is 1. The molecule has 17 atom stereocenters. The minimum absolute atomic E-state index is 0.222. The Balaban J connectivity index is 1.37. The van der Waals surface area contributed by atoms with Crippen molar-refractivity contribution in [1.29, 1.82) is 0 Å². The third kappa shape index (κ3) is 43.7. The Bertz CT molecular complexity index is 2190. The highest BCUT2D eigenvalue weighted by atomic mass is 16.8. The Morgan fingerprint density at radius 2 is 0.670 bits per heavy atom. The van der Waals surface area contributed by atoms with Gasteiger partial charge in [0.15, 0.2) is 18.9 Å². The number of rotatable bonds is 65. The second-order valence-electron chi connectivity index (χ2n) is 29.2. The fourth-order valence-electron chi connectivity index (χ4n) is 13.7. The number of carbonyl (C=O) groups is 1. The van der Waals surface area contributed by atoms with Crippen LogP contribution in [0.3, 0.4) is 0 Å². The van der Waals surface area contributed by atoms with E-state index in [-0.39, 0.29) is 18.9 Å². The van der Waals surface area contributed by atoms with Crippen LogP contribution in [-0.4, -0.2) is 193 Å². The van der Waals surface area contributed by atoms with Crippen molar-refractivity contribution < 1.29 is 89.4 Å². The number of nitrogens with one attached hydrogen (secondary N) is 1. The molecule has 0 aromatic heterocycles. The molecule has 0 saturated carbocycles. The summed E-state index contributed by atoms with van der Waals surface area (Å²) in [5, 5.41) is 121. The van der Waals surface area contributed by atoms with E-state index in [2.05, 4.69) is 104 Å². The fourth-order valence-corrected chi connectivity index (χ4v) is 13.7. The molecule has 1 amide bonds. The molecule has 12 N–H and O–H groups in total. The lowest BCUT2D eigenvalue weighted by Gasteiger charge is -2.48. The fraction of sp³-hybridized carbons (Fsp3) is 0.821. The summed E-state index contributed by atoms with van der Waals surface area (Å²) < 4.78 is 34.5. The van der Waals surface area contributed by atoms with Gasteiger partial charge in [-0.05, 0) is 70.6 Å². The topological polar surface area (TPSA) is 307 Å². The zero-order valence-electron chi connectivity index (χ0n) is 64.0. The summed E-state index contributed by atoms with van der Waals surface area (Å²) in [6.07, 6.45) is 58.2. The van der Waals surface area contributed by atoms with Crippen molar-refractivity contribution in [1.82, 2.24) is 5.32 Å². The second kappa shape index (κ2) is 63.9. The Morgan fingerprint density at radius 1 is 0.359 bits per heavy atom. The maximum absolute atomic E-state index is 13.5. The van der Waals surface area contributed by atoms with Crippen molar-refractivity contribution in [3.63, 3.8) is 0 Å². The van der Waals surface area contributed by atoms with Crippen LogP contribution < -0.4 is 5.32 Å². The molecule has 3 aliphatic heterocycles. The number of aliphatic hydroxyl groups excluding tert-OH is 11. The number of aliphatic hydroxyl groups is 11. The van der Waals surface area contributed by atoms with E-state index in [1.165, 1.54) is 186 Å². The number of ether oxygens (including phenoxy) is 6. The van der Waals surface area contributed by atoms with Crippen LogP contribution in [0, 0.1) is 0 Å². The minimum Gasteiger partial charge on any atom is -0.394 e. The van der Waals surface area contributed by atoms with E-state index in [1.807, 2.05) is 0 Å². The largest absolute Gasteiger partial charge is 0.394 e. The molecule has 3 saturated heterocycles. The average molecular weight is 1460 g/mol. The lowest BCUT2D eigenvalue weighted by Crippen LogP contribution is -2.66. The molecule has 3 heterocycles. The molecule has 3 rings (SSSR count). The molecular weight excluding hydrogens is 1310 g/mol. The maximum atomic E-state index is 13.5. The lowest BCUT2D eigenvalue weighted by atomic mass is 9.96. The third-order valence-electron chi connectivity index (χ3n) is 20.2. The van der Waals surface area contributed by atoms with Gasteiger partial charge < -0.3 is 89.9 Å². The highest BCUT2D eigenvalue weighted by Crippen LogP contribution is 2.33. The molecule has 0 bridgehead atoms. The summed E-state index contributed by atoms with van der Waals surface area (Å²) >= 11 is 0. The number of unbranched alkanes of at least 4 members (excludes halogenated alkanes) is 35. The van der Waals surface area contributed by atoms with Gasteiger partial charge in [-0.1, -0.05) is 317 Å². The van der Waals surface area contributed by atoms with E-state index < -0.39 is 124 Å². The molecule has 0 aromatic rings. The molecule has 103 heavy (non-hydrogen) atoms. The standard InChI is InChI=1S/C84H149NO18/c1-3-5-7-9-11-13-15-17-19-21-23-25-27-29-30-31-32-33-34-35-36-38-39-41-43-45-47-49-51-53-55-57-59-61-68(89)67(85-72(90)62-60-58-56-54-52-50-48-46-44-42-40-37-28-26-24-22-20-18-16-14-12-10-8-6-4-2)66-98-82-78(96)75(93)80(70(64-87)100-82)103-84-79(97)76(94)81(71(65-88)101-84)102-83-77(95)74(92)73(91)69(63-86)99-83/h6,8,12,14,18,20,24,26,37,40,44,46,50,52,67-71,73-84,86-89,91-97H,3-5,7,9-11,13,15-17,19,21-23,25,27-36,38-39,41-43,45,47-49,51,53-66H2,1-2H3,(H,85,90)/b8-6-,14-12-,20-18-,26-24-,40-37-,46-44-,52-50-. The second-order valence-corrected chi connectivity index (χ2v) is 29.2. The van der Waals surface area contributed by atoms with Crippen LogP contribution in [0.4, 0.5) is 0 Å². The quantitative estimate of drug-likeness (QED) is 0.0199. The van der Waals surface area contributed by atoms with E-state index in [4.69, 9.17) is 28.4 Å². The Kier molecular flexibility index (Phi) is 58.4. The van der Waals surface area contributed by atoms with Crippen LogP contribution in [0.5, 0.6) is 0 Å². The van der Waals surface area contributed by atoms with Crippen LogP contribution in [0.2, 0.25) is 0 Å². The van der Waals surface area contributed by atoms with Crippen molar-refractivity contribution in [2.75, 3.05) is 26.4 Å². The van der Waals surface area contributed by atoms with E-state index in [9.17, 15) is 61.0 Å².